The number of methoxy groups -OCH3 is 1. The average Bonchev–Trinajstić information content (AvgIpc) is 3.47. The zero-order valence-corrected chi connectivity index (χ0v) is 18.5. The molecule has 9 nitrogen and oxygen atoms in total. The number of hydrogen-bond acceptors (Lipinski definition) is 6. The Morgan fingerprint density at radius 2 is 2.06 bits per heavy atom. The zero-order valence-electron chi connectivity index (χ0n) is 18.5. The molecule has 1 aliphatic rings. The molecule has 1 aliphatic carbocycles. The predicted octanol–water partition coefficient (Wildman–Crippen LogP) is 3.86. The molecule has 0 spiro atoms. The number of anilines is 2. The van der Waals surface area contributed by atoms with Crippen molar-refractivity contribution in [1.29, 1.82) is 0 Å². The van der Waals surface area contributed by atoms with E-state index in [9.17, 15) is 9.59 Å². The highest BCUT2D eigenvalue weighted by atomic mass is 16.5. The van der Waals surface area contributed by atoms with Gasteiger partial charge in [0.2, 0.25) is 17.6 Å². The van der Waals surface area contributed by atoms with Crippen molar-refractivity contribution in [2.24, 2.45) is 5.92 Å². The summed E-state index contributed by atoms with van der Waals surface area (Å²) in [6.45, 7) is 1.18. The van der Waals surface area contributed by atoms with Gasteiger partial charge in [0.1, 0.15) is 0 Å². The maximum Gasteiger partial charge on any atom is 0.296 e. The van der Waals surface area contributed by atoms with Crippen molar-refractivity contribution in [2.45, 2.75) is 45.1 Å². The number of hydrogen-bond donors (Lipinski definition) is 1. The van der Waals surface area contributed by atoms with E-state index in [0.29, 0.717) is 19.1 Å². The summed E-state index contributed by atoms with van der Waals surface area (Å²) in [4.78, 5) is 31.9. The Balaban J connectivity index is 1.63. The number of amides is 2. The second kappa shape index (κ2) is 9.95. The molecule has 0 bridgehead atoms. The van der Waals surface area contributed by atoms with Crippen LogP contribution in [0.4, 0.5) is 11.6 Å². The first kappa shape index (κ1) is 22.0. The van der Waals surface area contributed by atoms with E-state index in [4.69, 9.17) is 9.26 Å². The number of imidazole rings is 1. The van der Waals surface area contributed by atoms with Gasteiger partial charge in [-0.1, -0.05) is 24.4 Å². The number of nitrogens with zero attached hydrogens (tertiary/aromatic N) is 4. The average molecular weight is 440 g/mol. The van der Waals surface area contributed by atoms with Crippen LogP contribution >= 0.6 is 0 Å². The first-order valence-corrected chi connectivity index (χ1v) is 11.1. The van der Waals surface area contributed by atoms with E-state index >= 15 is 0 Å². The molecule has 1 aromatic carbocycles. The molecule has 2 heterocycles. The van der Waals surface area contributed by atoms with Gasteiger partial charge in [0, 0.05) is 45.0 Å². The van der Waals surface area contributed by atoms with Gasteiger partial charge in [0.05, 0.1) is 17.2 Å². The molecular formula is C23H29N5O4. The summed E-state index contributed by atoms with van der Waals surface area (Å²) < 4.78 is 12.1. The highest BCUT2D eigenvalue weighted by Crippen LogP contribution is 2.29. The minimum absolute atomic E-state index is 0.0906. The maximum absolute atomic E-state index is 13.0. The van der Waals surface area contributed by atoms with Crippen LogP contribution in [-0.4, -0.2) is 47.3 Å². The fourth-order valence-electron chi connectivity index (χ4n) is 4.26. The van der Waals surface area contributed by atoms with E-state index in [0.717, 1.165) is 48.8 Å². The highest BCUT2D eigenvalue weighted by molar-refractivity contribution is 6.02. The zero-order chi connectivity index (χ0) is 22.5. The van der Waals surface area contributed by atoms with E-state index in [1.54, 1.807) is 12.0 Å². The number of carbonyl (C=O) groups excluding carboxylic acids is 2. The van der Waals surface area contributed by atoms with E-state index in [-0.39, 0.29) is 17.6 Å². The summed E-state index contributed by atoms with van der Waals surface area (Å²) in [6.07, 6.45) is 7.52. The molecule has 0 radical (unpaired) electrons. The standard InChI is InChI=1S/C23H29N5O4/c1-27(22(30)16-7-4-3-5-8-16)17-9-10-18-19(15-17)28(13-6-14-31-2)23(25-18)26-21(29)20-11-12-24-32-20/h9-12,15-16H,3-8,13-14H2,1-2H3,(H,25,26,29). The first-order chi connectivity index (χ1) is 15.6. The number of fused-ring (bicyclic) bond motifs is 1. The molecule has 3 aromatic rings. The van der Waals surface area contributed by atoms with E-state index in [2.05, 4.69) is 15.5 Å². The Morgan fingerprint density at radius 3 is 2.78 bits per heavy atom. The molecule has 0 saturated heterocycles. The minimum Gasteiger partial charge on any atom is -0.385 e. The van der Waals surface area contributed by atoms with Crippen LogP contribution in [0.3, 0.4) is 0 Å². The van der Waals surface area contributed by atoms with Gasteiger partial charge >= 0.3 is 0 Å². The van der Waals surface area contributed by atoms with E-state index < -0.39 is 5.91 Å². The molecule has 0 unspecified atom stereocenters. The Morgan fingerprint density at radius 1 is 1.25 bits per heavy atom. The molecule has 32 heavy (non-hydrogen) atoms. The Bertz CT molecular complexity index is 1070. The summed E-state index contributed by atoms with van der Waals surface area (Å²) in [7, 11) is 3.49. The quantitative estimate of drug-likeness (QED) is 0.535. The maximum atomic E-state index is 13.0. The van der Waals surface area contributed by atoms with Crippen LogP contribution in [0.25, 0.3) is 11.0 Å². The minimum atomic E-state index is -0.421. The van der Waals surface area contributed by atoms with E-state index in [1.807, 2.05) is 29.8 Å². The summed E-state index contributed by atoms with van der Waals surface area (Å²) in [5.74, 6) is 0.353. The first-order valence-electron chi connectivity index (χ1n) is 11.1. The van der Waals surface area contributed by atoms with Crippen LogP contribution < -0.4 is 10.2 Å². The number of ether oxygens (including phenoxy) is 1. The number of carbonyl (C=O) groups is 2. The molecule has 4 rings (SSSR count). The van der Waals surface area contributed by atoms with Gasteiger partial charge in [0.25, 0.3) is 5.91 Å². The molecule has 2 amide bonds. The molecule has 2 aromatic heterocycles. The number of aromatic nitrogens is 3. The topological polar surface area (TPSA) is 102 Å². The lowest BCUT2D eigenvalue weighted by Crippen LogP contribution is -2.33. The van der Waals surface area contributed by atoms with Crippen LogP contribution in [0.1, 0.15) is 49.1 Å². The van der Waals surface area contributed by atoms with Gasteiger partial charge in [-0.05, 0) is 37.5 Å². The van der Waals surface area contributed by atoms with Crippen molar-refractivity contribution < 1.29 is 18.8 Å². The molecular weight excluding hydrogens is 410 g/mol. The Labute approximate surface area is 186 Å². The fourth-order valence-corrected chi connectivity index (χ4v) is 4.26. The summed E-state index contributed by atoms with van der Waals surface area (Å²) in [5, 5.41) is 6.39. The third-order valence-corrected chi connectivity index (χ3v) is 6.02. The third kappa shape index (κ3) is 4.67. The summed E-state index contributed by atoms with van der Waals surface area (Å²) in [6, 6.07) is 7.24. The van der Waals surface area contributed by atoms with Gasteiger partial charge in [-0.25, -0.2) is 4.98 Å². The largest absolute Gasteiger partial charge is 0.385 e. The van der Waals surface area contributed by atoms with Crippen LogP contribution in [0.5, 0.6) is 0 Å². The number of aryl methyl sites for hydroxylation is 1. The van der Waals surface area contributed by atoms with Crippen molar-refractivity contribution in [1.82, 2.24) is 14.7 Å². The Hall–Kier alpha value is -3.20. The van der Waals surface area contributed by atoms with Crippen molar-refractivity contribution in [3.8, 4) is 0 Å². The van der Waals surface area contributed by atoms with Crippen molar-refractivity contribution in [2.75, 3.05) is 31.0 Å². The van der Waals surface area contributed by atoms with Crippen molar-refractivity contribution in [3.05, 3.63) is 36.2 Å². The molecule has 9 heteroatoms. The molecule has 1 saturated carbocycles. The monoisotopic (exact) mass is 439 g/mol. The van der Waals surface area contributed by atoms with Crippen LogP contribution in [0.2, 0.25) is 0 Å². The second-order valence-electron chi connectivity index (χ2n) is 8.17. The highest BCUT2D eigenvalue weighted by Gasteiger charge is 2.25. The van der Waals surface area contributed by atoms with Crippen molar-refractivity contribution in [3.63, 3.8) is 0 Å². The Kier molecular flexibility index (Phi) is 6.84. The van der Waals surface area contributed by atoms with E-state index in [1.165, 1.54) is 18.7 Å². The molecule has 1 fully saturated rings. The van der Waals surface area contributed by atoms with Gasteiger partial charge in [-0.2, -0.15) is 0 Å². The fraction of sp³-hybridized carbons (Fsp3) is 0.478. The smallest absolute Gasteiger partial charge is 0.296 e. The number of rotatable bonds is 8. The predicted molar refractivity (Wildman–Crippen MR) is 121 cm³/mol. The molecule has 1 N–H and O–H groups in total. The number of benzene rings is 1. The van der Waals surface area contributed by atoms with Crippen LogP contribution in [-0.2, 0) is 16.1 Å². The third-order valence-electron chi connectivity index (χ3n) is 6.02. The molecule has 170 valence electrons. The summed E-state index contributed by atoms with van der Waals surface area (Å²) in [5.41, 5.74) is 2.39. The molecule has 0 atom stereocenters. The van der Waals surface area contributed by atoms with Crippen LogP contribution in [0.15, 0.2) is 35.0 Å². The SMILES string of the molecule is COCCCn1c(NC(=O)c2ccno2)nc2ccc(N(C)C(=O)C3CCCCC3)cc21. The van der Waals surface area contributed by atoms with Crippen LogP contribution in [0, 0.1) is 5.92 Å². The lowest BCUT2D eigenvalue weighted by atomic mass is 9.88. The van der Waals surface area contributed by atoms with Crippen molar-refractivity contribution >= 4 is 34.5 Å². The lowest BCUT2D eigenvalue weighted by molar-refractivity contribution is -0.123. The second-order valence-corrected chi connectivity index (χ2v) is 8.17. The van der Waals surface area contributed by atoms with Gasteiger partial charge in [0.15, 0.2) is 0 Å². The van der Waals surface area contributed by atoms with Gasteiger partial charge in [-0.15, -0.1) is 0 Å². The van der Waals surface area contributed by atoms with Gasteiger partial charge in [-0.3, -0.25) is 14.9 Å². The lowest BCUT2D eigenvalue weighted by Gasteiger charge is -2.26. The normalized spacial score (nSPS) is 14.6. The van der Waals surface area contributed by atoms with Gasteiger partial charge < -0.3 is 18.7 Å². The summed E-state index contributed by atoms with van der Waals surface area (Å²) >= 11 is 0. The number of nitrogens with one attached hydrogen (secondary N) is 1. The molecule has 0 aliphatic heterocycles.